The molecule has 0 bridgehead atoms. The number of amides is 1. The third kappa shape index (κ3) is 3.38. The van der Waals surface area contributed by atoms with Crippen LogP contribution in [0.4, 0.5) is 10.2 Å². The number of carbonyl (C=O) groups excluding carboxylic acids is 2. The molecule has 1 aliphatic heterocycles. The number of carbonyl (C=O) groups is 2. The van der Waals surface area contributed by atoms with E-state index < -0.39 is 11.7 Å². The van der Waals surface area contributed by atoms with Gasteiger partial charge in [0.1, 0.15) is 5.82 Å². The Balaban J connectivity index is 1.81. The number of hydrogen-bond donors (Lipinski definition) is 1. The fraction of sp³-hybridized carbons (Fsp3) is 0.190. The van der Waals surface area contributed by atoms with Crippen LogP contribution in [0, 0.1) is 12.7 Å². The second kappa shape index (κ2) is 7.33. The lowest BCUT2D eigenvalue weighted by atomic mass is 9.85. The number of fused-ring (bicyclic) bond motifs is 1. The van der Waals surface area contributed by atoms with Gasteiger partial charge in [-0.2, -0.15) is 5.10 Å². The first kappa shape index (κ1) is 19.1. The third-order valence-corrected chi connectivity index (χ3v) is 5.14. The number of benzene rings is 2. The predicted molar refractivity (Wildman–Crippen MR) is 107 cm³/mol. The minimum Gasteiger partial charge on any atom is -0.494 e. The van der Waals surface area contributed by atoms with Gasteiger partial charge in [-0.3, -0.25) is 9.59 Å². The zero-order chi connectivity index (χ0) is 20.7. The minimum atomic E-state index is -0.734. The Labute approximate surface area is 171 Å². The van der Waals surface area contributed by atoms with Gasteiger partial charge in [0.25, 0.3) is 0 Å². The quantitative estimate of drug-likeness (QED) is 0.647. The lowest BCUT2D eigenvalue weighted by molar-refractivity contribution is -0.116. The van der Waals surface area contributed by atoms with Gasteiger partial charge in [0.05, 0.1) is 24.4 Å². The second-order valence-corrected chi connectivity index (χ2v) is 7.19. The predicted octanol–water partition coefficient (Wildman–Crippen LogP) is 4.29. The standard InChI is InChI=1S/C21H17ClFN3O3/c1-11-19-15(20(28)12-6-7-16(23)17(8-12)29-2)10-18(27)24-21(19)26(25-11)14-5-3-4-13(22)9-14/h3-9,15H,10H2,1-2H3,(H,24,27). The lowest BCUT2D eigenvalue weighted by Gasteiger charge is -2.23. The average molecular weight is 414 g/mol. The summed E-state index contributed by atoms with van der Waals surface area (Å²) in [4.78, 5) is 25.6. The van der Waals surface area contributed by atoms with Gasteiger partial charge in [-0.05, 0) is 43.3 Å². The van der Waals surface area contributed by atoms with Crippen LogP contribution in [0.25, 0.3) is 5.69 Å². The molecule has 0 radical (unpaired) electrons. The topological polar surface area (TPSA) is 73.2 Å². The first-order chi connectivity index (χ1) is 13.9. The van der Waals surface area contributed by atoms with Crippen molar-refractivity contribution in [3.8, 4) is 11.4 Å². The van der Waals surface area contributed by atoms with Crippen molar-refractivity contribution in [2.75, 3.05) is 12.4 Å². The highest BCUT2D eigenvalue weighted by molar-refractivity contribution is 6.30. The Morgan fingerprint density at radius 1 is 1.31 bits per heavy atom. The molecule has 8 heteroatoms. The van der Waals surface area contributed by atoms with Crippen LogP contribution in [-0.2, 0) is 4.79 Å². The number of hydrogen-bond acceptors (Lipinski definition) is 4. The van der Waals surface area contributed by atoms with Crippen molar-refractivity contribution in [1.29, 1.82) is 0 Å². The molecule has 2 aromatic carbocycles. The van der Waals surface area contributed by atoms with E-state index in [0.29, 0.717) is 27.8 Å². The highest BCUT2D eigenvalue weighted by atomic mass is 35.5. The molecule has 2 heterocycles. The Kier molecular flexibility index (Phi) is 4.84. The lowest BCUT2D eigenvalue weighted by Crippen LogP contribution is -2.28. The van der Waals surface area contributed by atoms with Gasteiger partial charge < -0.3 is 10.1 Å². The zero-order valence-corrected chi connectivity index (χ0v) is 16.5. The summed E-state index contributed by atoms with van der Waals surface area (Å²) in [7, 11) is 1.33. The fourth-order valence-corrected chi connectivity index (χ4v) is 3.76. The number of anilines is 1. The van der Waals surface area contributed by atoms with Gasteiger partial charge >= 0.3 is 0 Å². The second-order valence-electron chi connectivity index (χ2n) is 6.76. The molecule has 1 unspecified atom stereocenters. The van der Waals surface area contributed by atoms with Crippen LogP contribution < -0.4 is 10.1 Å². The average Bonchev–Trinajstić information content (AvgIpc) is 3.03. The molecule has 1 N–H and O–H groups in total. The van der Waals surface area contributed by atoms with Crippen molar-refractivity contribution >= 4 is 29.1 Å². The monoisotopic (exact) mass is 413 g/mol. The molecule has 0 fully saturated rings. The van der Waals surface area contributed by atoms with E-state index in [4.69, 9.17) is 16.3 Å². The number of Topliss-reactive ketones (excluding diaryl/α,β-unsaturated/α-hetero) is 1. The van der Waals surface area contributed by atoms with Crippen LogP contribution in [0.15, 0.2) is 42.5 Å². The third-order valence-electron chi connectivity index (χ3n) is 4.91. The van der Waals surface area contributed by atoms with Gasteiger partial charge in [-0.25, -0.2) is 9.07 Å². The number of methoxy groups -OCH3 is 1. The summed E-state index contributed by atoms with van der Waals surface area (Å²) in [6.45, 7) is 1.78. The molecule has 3 aromatic rings. The number of rotatable bonds is 4. The smallest absolute Gasteiger partial charge is 0.226 e. The van der Waals surface area contributed by atoms with Crippen LogP contribution >= 0.6 is 11.6 Å². The van der Waals surface area contributed by atoms with Gasteiger partial charge in [0.2, 0.25) is 5.91 Å². The molecule has 1 atom stereocenters. The van der Waals surface area contributed by atoms with Crippen molar-refractivity contribution in [3.63, 3.8) is 0 Å². The van der Waals surface area contributed by atoms with Gasteiger partial charge in [0.15, 0.2) is 17.3 Å². The Bertz CT molecular complexity index is 1140. The molecule has 0 saturated carbocycles. The molecular formula is C21H17ClFN3O3. The van der Waals surface area contributed by atoms with Crippen molar-refractivity contribution in [3.05, 3.63) is 70.1 Å². The van der Waals surface area contributed by atoms with E-state index in [2.05, 4.69) is 10.4 Å². The summed E-state index contributed by atoms with van der Waals surface area (Å²) >= 11 is 6.09. The molecule has 29 heavy (non-hydrogen) atoms. The summed E-state index contributed by atoms with van der Waals surface area (Å²) in [5.41, 5.74) is 2.19. The van der Waals surface area contributed by atoms with E-state index in [9.17, 15) is 14.0 Å². The van der Waals surface area contributed by atoms with Crippen LogP contribution in [0.1, 0.15) is 34.0 Å². The van der Waals surface area contributed by atoms with Crippen LogP contribution in [-0.4, -0.2) is 28.6 Å². The Morgan fingerprint density at radius 2 is 2.10 bits per heavy atom. The van der Waals surface area contributed by atoms with Crippen LogP contribution in [0.3, 0.4) is 0 Å². The van der Waals surface area contributed by atoms with E-state index in [-0.39, 0.29) is 29.4 Å². The number of ether oxygens (including phenoxy) is 1. The zero-order valence-electron chi connectivity index (χ0n) is 15.7. The first-order valence-electron chi connectivity index (χ1n) is 8.92. The summed E-state index contributed by atoms with van der Waals surface area (Å²) in [5.74, 6) is -1.48. The molecule has 148 valence electrons. The SMILES string of the molecule is COc1cc(C(=O)C2CC(=O)Nc3c2c(C)nn3-c2cccc(Cl)c2)ccc1F. The van der Waals surface area contributed by atoms with E-state index in [0.717, 1.165) is 0 Å². The maximum absolute atomic E-state index is 13.7. The number of aryl methyl sites for hydroxylation is 1. The first-order valence-corrected chi connectivity index (χ1v) is 9.30. The molecule has 1 aliphatic rings. The van der Waals surface area contributed by atoms with Crippen molar-refractivity contribution < 1.29 is 18.7 Å². The number of nitrogens with zero attached hydrogens (tertiary/aromatic N) is 2. The van der Waals surface area contributed by atoms with Crippen LogP contribution in [0.5, 0.6) is 5.75 Å². The molecule has 0 aliphatic carbocycles. The minimum absolute atomic E-state index is 0.0202. The highest BCUT2D eigenvalue weighted by Gasteiger charge is 2.36. The molecule has 0 saturated heterocycles. The number of aromatic nitrogens is 2. The number of ketones is 1. The van der Waals surface area contributed by atoms with E-state index >= 15 is 0 Å². The maximum atomic E-state index is 13.7. The molecule has 0 spiro atoms. The Morgan fingerprint density at radius 3 is 2.83 bits per heavy atom. The summed E-state index contributed by atoms with van der Waals surface area (Å²) in [6.07, 6.45) is -0.0202. The molecule has 1 aromatic heterocycles. The summed E-state index contributed by atoms with van der Waals surface area (Å²) in [6, 6.07) is 11.0. The van der Waals surface area contributed by atoms with Crippen LogP contribution in [0.2, 0.25) is 5.02 Å². The van der Waals surface area contributed by atoms with Crippen molar-refractivity contribution in [2.24, 2.45) is 0 Å². The van der Waals surface area contributed by atoms with Gasteiger partial charge in [0, 0.05) is 22.6 Å². The van der Waals surface area contributed by atoms with E-state index in [1.165, 1.54) is 25.3 Å². The van der Waals surface area contributed by atoms with Crippen molar-refractivity contribution in [2.45, 2.75) is 19.3 Å². The van der Waals surface area contributed by atoms with Gasteiger partial charge in [-0.1, -0.05) is 17.7 Å². The van der Waals surface area contributed by atoms with E-state index in [1.807, 2.05) is 0 Å². The summed E-state index contributed by atoms with van der Waals surface area (Å²) < 4.78 is 20.3. The molecule has 6 nitrogen and oxygen atoms in total. The van der Waals surface area contributed by atoms with Crippen molar-refractivity contribution in [1.82, 2.24) is 9.78 Å². The highest BCUT2D eigenvalue weighted by Crippen LogP contribution is 2.38. The number of nitrogens with one attached hydrogen (secondary N) is 1. The molecular weight excluding hydrogens is 397 g/mol. The largest absolute Gasteiger partial charge is 0.494 e. The molecule has 4 rings (SSSR count). The fourth-order valence-electron chi connectivity index (χ4n) is 3.58. The van der Waals surface area contributed by atoms with Gasteiger partial charge in [-0.15, -0.1) is 0 Å². The Hall–Kier alpha value is -3.19. The molecule has 1 amide bonds. The maximum Gasteiger partial charge on any atom is 0.226 e. The van der Waals surface area contributed by atoms with E-state index in [1.54, 1.807) is 35.9 Å². The normalized spacial score (nSPS) is 15.6. The summed E-state index contributed by atoms with van der Waals surface area (Å²) in [5, 5.41) is 7.86. The number of halogens is 2.